The van der Waals surface area contributed by atoms with Gasteiger partial charge in [-0.3, -0.25) is 0 Å². The van der Waals surface area contributed by atoms with E-state index in [0.717, 1.165) is 17.3 Å². The minimum absolute atomic E-state index is 0.340. The van der Waals surface area contributed by atoms with Crippen LogP contribution in [0.15, 0.2) is 59.4 Å². The maximum absolute atomic E-state index is 11.9. The van der Waals surface area contributed by atoms with Gasteiger partial charge in [-0.1, -0.05) is 41.9 Å². The Morgan fingerprint density at radius 1 is 1.20 bits per heavy atom. The van der Waals surface area contributed by atoms with Crippen molar-refractivity contribution in [3.63, 3.8) is 0 Å². The van der Waals surface area contributed by atoms with Gasteiger partial charge in [0, 0.05) is 10.6 Å². The lowest BCUT2D eigenvalue weighted by atomic mass is 10.2. The van der Waals surface area contributed by atoms with Crippen LogP contribution in [0.25, 0.3) is 0 Å². The molecular formula is C17H16ClN3O3S. The Kier molecular flexibility index (Phi) is 5.70. The molecule has 0 aliphatic carbocycles. The summed E-state index contributed by atoms with van der Waals surface area (Å²) >= 11 is 6.96. The van der Waals surface area contributed by atoms with Gasteiger partial charge in [0.2, 0.25) is 5.13 Å². The normalized spacial score (nSPS) is 11.9. The molecule has 8 heteroatoms. The SMILES string of the molecule is O=c1nc(NC(O)c2ccc(Cl)cc2)sn1CCOc1ccccc1. The lowest BCUT2D eigenvalue weighted by Crippen LogP contribution is -2.19. The number of aromatic nitrogens is 2. The first-order chi connectivity index (χ1) is 12.1. The molecule has 0 amide bonds. The number of aliphatic hydroxyl groups is 1. The Bertz CT molecular complexity index is 865. The molecule has 0 fully saturated rings. The molecule has 2 aromatic carbocycles. The van der Waals surface area contributed by atoms with Crippen LogP contribution in [0.3, 0.4) is 0 Å². The first-order valence-electron chi connectivity index (χ1n) is 7.58. The number of hydrogen-bond acceptors (Lipinski definition) is 6. The highest BCUT2D eigenvalue weighted by molar-refractivity contribution is 7.10. The quantitative estimate of drug-likeness (QED) is 0.618. The Morgan fingerprint density at radius 2 is 1.92 bits per heavy atom. The van der Waals surface area contributed by atoms with Gasteiger partial charge in [0.1, 0.15) is 12.4 Å². The van der Waals surface area contributed by atoms with Crippen molar-refractivity contribution in [1.29, 1.82) is 0 Å². The zero-order chi connectivity index (χ0) is 17.6. The second-order valence-corrected chi connectivity index (χ2v) is 6.60. The van der Waals surface area contributed by atoms with Crippen LogP contribution in [-0.2, 0) is 6.54 Å². The Labute approximate surface area is 153 Å². The molecule has 1 unspecified atom stereocenters. The smallest absolute Gasteiger partial charge is 0.359 e. The van der Waals surface area contributed by atoms with Crippen LogP contribution < -0.4 is 15.7 Å². The molecule has 0 aliphatic heterocycles. The van der Waals surface area contributed by atoms with Gasteiger partial charge < -0.3 is 15.2 Å². The van der Waals surface area contributed by atoms with Crippen LogP contribution >= 0.6 is 23.1 Å². The summed E-state index contributed by atoms with van der Waals surface area (Å²) in [6, 6.07) is 16.2. The fraction of sp³-hybridized carbons (Fsp3) is 0.176. The highest BCUT2D eigenvalue weighted by Gasteiger charge is 2.12. The third kappa shape index (κ3) is 4.82. The van der Waals surface area contributed by atoms with Crippen molar-refractivity contribution in [3.8, 4) is 5.75 Å². The number of nitrogens with zero attached hydrogens (tertiary/aromatic N) is 2. The number of benzene rings is 2. The van der Waals surface area contributed by atoms with Crippen LogP contribution in [0.1, 0.15) is 11.8 Å². The third-order valence-corrected chi connectivity index (χ3v) is 4.55. The lowest BCUT2D eigenvalue weighted by molar-refractivity contribution is 0.208. The first kappa shape index (κ1) is 17.5. The fourth-order valence-corrected chi connectivity index (χ4v) is 3.02. The average molecular weight is 378 g/mol. The molecule has 130 valence electrons. The summed E-state index contributed by atoms with van der Waals surface area (Å²) in [6.45, 7) is 0.732. The van der Waals surface area contributed by atoms with Gasteiger partial charge in [-0.15, -0.1) is 0 Å². The van der Waals surface area contributed by atoms with E-state index in [9.17, 15) is 9.90 Å². The number of halogens is 1. The summed E-state index contributed by atoms with van der Waals surface area (Å²) in [5, 5.41) is 13.9. The number of para-hydroxylation sites is 1. The average Bonchev–Trinajstić information content (AvgIpc) is 2.96. The highest BCUT2D eigenvalue weighted by Crippen LogP contribution is 2.20. The van der Waals surface area contributed by atoms with Crippen molar-refractivity contribution in [2.24, 2.45) is 0 Å². The summed E-state index contributed by atoms with van der Waals surface area (Å²) in [4.78, 5) is 15.8. The zero-order valence-electron chi connectivity index (χ0n) is 13.1. The van der Waals surface area contributed by atoms with Gasteiger partial charge in [0.15, 0.2) is 6.23 Å². The van der Waals surface area contributed by atoms with Gasteiger partial charge in [0.05, 0.1) is 6.54 Å². The van der Waals surface area contributed by atoms with Crippen LogP contribution in [0, 0.1) is 0 Å². The van der Waals surface area contributed by atoms with Gasteiger partial charge in [-0.05, 0) is 35.8 Å². The molecule has 3 rings (SSSR count). The number of aliphatic hydroxyl groups excluding tert-OH is 1. The molecule has 0 saturated carbocycles. The summed E-state index contributed by atoms with van der Waals surface area (Å²) in [5.74, 6) is 0.747. The minimum atomic E-state index is -0.975. The lowest BCUT2D eigenvalue weighted by Gasteiger charge is -2.11. The topological polar surface area (TPSA) is 76.4 Å². The molecule has 1 aromatic heterocycles. The summed E-state index contributed by atoms with van der Waals surface area (Å²) in [6.07, 6.45) is -0.975. The fourth-order valence-electron chi connectivity index (χ4n) is 2.11. The molecule has 2 N–H and O–H groups in total. The van der Waals surface area contributed by atoms with Gasteiger partial charge in [-0.25, -0.2) is 8.75 Å². The van der Waals surface area contributed by atoms with E-state index in [4.69, 9.17) is 16.3 Å². The summed E-state index contributed by atoms with van der Waals surface area (Å²) in [7, 11) is 0. The van der Waals surface area contributed by atoms with Crippen LogP contribution in [-0.4, -0.2) is 20.7 Å². The molecule has 1 atom stereocenters. The van der Waals surface area contributed by atoms with Crippen LogP contribution in [0.4, 0.5) is 5.13 Å². The van der Waals surface area contributed by atoms with Crippen molar-refractivity contribution in [2.75, 3.05) is 11.9 Å². The van der Waals surface area contributed by atoms with Gasteiger partial charge in [-0.2, -0.15) is 4.98 Å². The predicted molar refractivity (Wildman–Crippen MR) is 98.3 cm³/mol. The van der Waals surface area contributed by atoms with Crippen molar-refractivity contribution in [1.82, 2.24) is 8.94 Å². The maximum atomic E-state index is 11.9. The maximum Gasteiger partial charge on any atom is 0.359 e. The molecule has 0 aliphatic rings. The van der Waals surface area contributed by atoms with E-state index >= 15 is 0 Å². The van der Waals surface area contributed by atoms with E-state index in [1.165, 1.54) is 3.96 Å². The molecule has 0 radical (unpaired) electrons. The predicted octanol–water partition coefficient (Wildman–Crippen LogP) is 3.14. The van der Waals surface area contributed by atoms with Crippen molar-refractivity contribution in [3.05, 3.63) is 75.7 Å². The van der Waals surface area contributed by atoms with Gasteiger partial charge in [0.25, 0.3) is 0 Å². The van der Waals surface area contributed by atoms with Crippen LogP contribution in [0.2, 0.25) is 5.02 Å². The zero-order valence-corrected chi connectivity index (χ0v) is 14.7. The van der Waals surface area contributed by atoms with E-state index < -0.39 is 6.23 Å². The number of rotatable bonds is 7. The van der Waals surface area contributed by atoms with Gasteiger partial charge >= 0.3 is 5.69 Å². The summed E-state index contributed by atoms with van der Waals surface area (Å²) in [5.41, 5.74) is 0.249. The molecule has 0 saturated heterocycles. The van der Waals surface area contributed by atoms with E-state index in [1.54, 1.807) is 24.3 Å². The second-order valence-electron chi connectivity index (χ2n) is 5.15. The Morgan fingerprint density at radius 3 is 2.64 bits per heavy atom. The minimum Gasteiger partial charge on any atom is -0.492 e. The largest absolute Gasteiger partial charge is 0.492 e. The Hall–Kier alpha value is -2.35. The molecular weight excluding hydrogens is 362 g/mol. The third-order valence-electron chi connectivity index (χ3n) is 3.36. The van der Waals surface area contributed by atoms with E-state index in [2.05, 4.69) is 10.3 Å². The van der Waals surface area contributed by atoms with Crippen LogP contribution in [0.5, 0.6) is 5.75 Å². The highest BCUT2D eigenvalue weighted by atomic mass is 35.5. The van der Waals surface area contributed by atoms with E-state index in [-0.39, 0.29) is 5.69 Å². The standard InChI is InChI=1S/C17H16ClN3O3S/c18-13-8-6-12(7-9-13)15(22)19-16-20-17(23)21(25-16)10-11-24-14-4-2-1-3-5-14/h1-9,15,22H,10-11H2,(H,19,20,23). The molecule has 0 spiro atoms. The number of hydrogen-bond donors (Lipinski definition) is 2. The molecule has 6 nitrogen and oxygen atoms in total. The first-order valence-corrected chi connectivity index (χ1v) is 8.73. The second kappa shape index (κ2) is 8.15. The molecule has 0 bridgehead atoms. The van der Waals surface area contributed by atoms with E-state index in [0.29, 0.717) is 28.9 Å². The number of ether oxygens (including phenoxy) is 1. The molecule has 25 heavy (non-hydrogen) atoms. The monoisotopic (exact) mass is 377 g/mol. The number of anilines is 1. The van der Waals surface area contributed by atoms with Crippen molar-refractivity contribution >= 4 is 28.3 Å². The number of nitrogens with one attached hydrogen (secondary N) is 1. The molecule has 3 aromatic rings. The summed E-state index contributed by atoms with van der Waals surface area (Å²) < 4.78 is 7.04. The van der Waals surface area contributed by atoms with E-state index in [1.807, 2.05) is 30.3 Å². The van der Waals surface area contributed by atoms with Crippen molar-refractivity contribution in [2.45, 2.75) is 12.8 Å². The molecule has 1 heterocycles. The Balaban J connectivity index is 1.58. The van der Waals surface area contributed by atoms with Crippen molar-refractivity contribution < 1.29 is 9.84 Å².